The molecule has 0 fully saturated rings. The van der Waals surface area contributed by atoms with Gasteiger partial charge < -0.3 is 10.4 Å². The molecule has 0 aliphatic rings. The van der Waals surface area contributed by atoms with Crippen LogP contribution in [-0.2, 0) is 17.5 Å². The highest BCUT2D eigenvalue weighted by Crippen LogP contribution is 2.32. The van der Waals surface area contributed by atoms with Crippen molar-refractivity contribution in [2.45, 2.75) is 38.5 Å². The Morgan fingerprint density at radius 2 is 2.05 bits per heavy atom. The minimum absolute atomic E-state index is 0.0689. The van der Waals surface area contributed by atoms with E-state index in [1.54, 1.807) is 0 Å². The number of hydrogen-bond acceptors (Lipinski definition) is 2. The molecule has 0 aliphatic heterocycles. The van der Waals surface area contributed by atoms with E-state index in [1.807, 2.05) is 6.92 Å². The smallest absolute Gasteiger partial charge is 0.416 e. The summed E-state index contributed by atoms with van der Waals surface area (Å²) in [6.07, 6.45) is -3.32. The van der Waals surface area contributed by atoms with E-state index in [9.17, 15) is 18.0 Å². The average Bonchev–Trinajstić information content (AvgIpc) is 2.32. The normalized spacial score (nSPS) is 13.2. The Morgan fingerprint density at radius 3 is 2.55 bits per heavy atom. The highest BCUT2D eigenvalue weighted by Gasteiger charge is 2.31. The van der Waals surface area contributed by atoms with Crippen LogP contribution in [0.4, 0.5) is 13.2 Å². The van der Waals surface area contributed by atoms with Gasteiger partial charge in [0.1, 0.15) is 6.04 Å². The molecule has 0 bridgehead atoms. The van der Waals surface area contributed by atoms with Crippen LogP contribution in [0, 0.1) is 0 Å². The molecule has 0 aliphatic carbocycles. The largest absolute Gasteiger partial charge is 0.480 e. The van der Waals surface area contributed by atoms with Crippen LogP contribution in [0.3, 0.4) is 0 Å². The number of hydrogen-bond donors (Lipinski definition) is 2. The Bertz CT molecular complexity index is 477. The number of nitrogens with one attached hydrogen (secondary N) is 1. The maximum atomic E-state index is 12.7. The molecule has 0 radical (unpaired) electrons. The van der Waals surface area contributed by atoms with E-state index in [-0.39, 0.29) is 6.54 Å². The van der Waals surface area contributed by atoms with Crippen LogP contribution in [0.5, 0.6) is 0 Å². The molecule has 0 amide bonds. The fourth-order valence-electron chi connectivity index (χ4n) is 1.76. The van der Waals surface area contributed by atoms with Crippen LogP contribution in [0.25, 0.3) is 0 Å². The van der Waals surface area contributed by atoms with Crippen LogP contribution in [0.15, 0.2) is 22.7 Å². The molecule has 0 aromatic heterocycles. The predicted molar refractivity (Wildman–Crippen MR) is 72.3 cm³/mol. The molecule has 1 aromatic carbocycles. The van der Waals surface area contributed by atoms with E-state index in [2.05, 4.69) is 21.2 Å². The summed E-state index contributed by atoms with van der Waals surface area (Å²) in [4.78, 5) is 11.0. The van der Waals surface area contributed by atoms with Crippen molar-refractivity contribution in [2.75, 3.05) is 0 Å². The average molecular weight is 354 g/mol. The number of carboxylic acid groups (broad SMARTS) is 1. The van der Waals surface area contributed by atoms with Gasteiger partial charge in [-0.05, 0) is 30.2 Å². The lowest BCUT2D eigenvalue weighted by Crippen LogP contribution is -2.36. The molecule has 1 atom stereocenters. The van der Waals surface area contributed by atoms with Crippen molar-refractivity contribution < 1.29 is 23.1 Å². The monoisotopic (exact) mass is 353 g/mol. The second kappa shape index (κ2) is 7.08. The number of carboxylic acids is 1. The molecule has 1 aromatic rings. The van der Waals surface area contributed by atoms with Crippen molar-refractivity contribution in [1.29, 1.82) is 0 Å². The minimum Gasteiger partial charge on any atom is -0.480 e. The van der Waals surface area contributed by atoms with Gasteiger partial charge in [-0.15, -0.1) is 0 Å². The van der Waals surface area contributed by atoms with Crippen molar-refractivity contribution in [3.8, 4) is 0 Å². The number of halogens is 4. The number of rotatable bonds is 6. The van der Waals surface area contributed by atoms with E-state index in [0.29, 0.717) is 22.9 Å². The van der Waals surface area contributed by atoms with Crippen molar-refractivity contribution in [3.63, 3.8) is 0 Å². The Labute approximate surface area is 123 Å². The Kier molecular flexibility index (Phi) is 6.01. The lowest BCUT2D eigenvalue weighted by atomic mass is 10.1. The predicted octanol–water partition coefficient (Wildman–Crippen LogP) is 3.81. The fraction of sp³-hybridized carbons (Fsp3) is 0.462. The summed E-state index contributed by atoms with van der Waals surface area (Å²) in [6.45, 7) is 1.91. The first-order chi connectivity index (χ1) is 9.24. The number of alkyl halides is 3. The van der Waals surface area contributed by atoms with Crippen LogP contribution < -0.4 is 5.32 Å². The van der Waals surface area contributed by atoms with E-state index in [1.165, 1.54) is 6.07 Å². The van der Waals surface area contributed by atoms with E-state index >= 15 is 0 Å². The van der Waals surface area contributed by atoms with Gasteiger partial charge in [0.15, 0.2) is 0 Å². The molecule has 20 heavy (non-hydrogen) atoms. The first-order valence-electron chi connectivity index (χ1n) is 6.07. The second-order valence-electron chi connectivity index (χ2n) is 4.41. The Morgan fingerprint density at radius 1 is 1.40 bits per heavy atom. The summed E-state index contributed by atoms with van der Waals surface area (Å²) in [6, 6.07) is 2.79. The molecular weight excluding hydrogens is 339 g/mol. The molecular formula is C13H15BrF3NO2. The zero-order valence-corrected chi connectivity index (χ0v) is 12.4. The third-order valence-corrected chi connectivity index (χ3v) is 3.17. The van der Waals surface area contributed by atoms with Gasteiger partial charge in [-0.25, -0.2) is 0 Å². The van der Waals surface area contributed by atoms with Crippen molar-refractivity contribution >= 4 is 21.9 Å². The maximum absolute atomic E-state index is 12.7. The summed E-state index contributed by atoms with van der Waals surface area (Å²) >= 11 is 3.03. The molecule has 2 N–H and O–H groups in total. The third kappa shape index (κ3) is 5.13. The van der Waals surface area contributed by atoms with Gasteiger partial charge in [0, 0.05) is 11.0 Å². The zero-order valence-electron chi connectivity index (χ0n) is 10.8. The van der Waals surface area contributed by atoms with Crippen molar-refractivity contribution in [2.24, 2.45) is 0 Å². The van der Waals surface area contributed by atoms with E-state index in [0.717, 1.165) is 12.1 Å². The van der Waals surface area contributed by atoms with Crippen LogP contribution in [-0.4, -0.2) is 17.1 Å². The summed E-state index contributed by atoms with van der Waals surface area (Å²) in [5.74, 6) is -1.00. The lowest BCUT2D eigenvalue weighted by Gasteiger charge is -2.15. The van der Waals surface area contributed by atoms with Gasteiger partial charge in [0.25, 0.3) is 0 Å². The topological polar surface area (TPSA) is 49.3 Å². The maximum Gasteiger partial charge on any atom is 0.416 e. The molecule has 3 nitrogen and oxygen atoms in total. The summed E-state index contributed by atoms with van der Waals surface area (Å²) in [5, 5.41) is 11.7. The SMILES string of the molecule is CCCC(NCc1cc(Br)cc(C(F)(F)F)c1)C(=O)O. The summed E-state index contributed by atoms with van der Waals surface area (Å²) < 4.78 is 38.3. The van der Waals surface area contributed by atoms with Gasteiger partial charge in [-0.1, -0.05) is 29.3 Å². The molecule has 0 saturated carbocycles. The van der Waals surface area contributed by atoms with Crippen LogP contribution in [0.1, 0.15) is 30.9 Å². The molecule has 7 heteroatoms. The minimum atomic E-state index is -4.42. The van der Waals surface area contributed by atoms with Gasteiger partial charge in [0.2, 0.25) is 0 Å². The molecule has 1 rings (SSSR count). The second-order valence-corrected chi connectivity index (χ2v) is 5.32. The standard InChI is InChI=1S/C13H15BrF3NO2/c1-2-3-11(12(19)20)18-7-8-4-9(13(15,16)17)6-10(14)5-8/h4-6,11,18H,2-3,7H2,1H3,(H,19,20). The van der Waals surface area contributed by atoms with Gasteiger partial charge >= 0.3 is 12.1 Å². The molecule has 0 spiro atoms. The van der Waals surface area contributed by atoms with Crippen molar-refractivity contribution in [3.05, 3.63) is 33.8 Å². The van der Waals surface area contributed by atoms with Gasteiger partial charge in [-0.3, -0.25) is 4.79 Å². The summed E-state index contributed by atoms with van der Waals surface area (Å²) in [7, 11) is 0. The first kappa shape index (κ1) is 17.0. The highest BCUT2D eigenvalue weighted by molar-refractivity contribution is 9.10. The lowest BCUT2D eigenvalue weighted by molar-refractivity contribution is -0.140. The number of aliphatic carboxylic acids is 1. The first-order valence-corrected chi connectivity index (χ1v) is 6.86. The van der Waals surface area contributed by atoms with Crippen LogP contribution >= 0.6 is 15.9 Å². The molecule has 0 saturated heterocycles. The Balaban J connectivity index is 2.82. The van der Waals surface area contributed by atoms with Crippen LogP contribution in [0.2, 0.25) is 0 Å². The third-order valence-electron chi connectivity index (χ3n) is 2.71. The number of carbonyl (C=O) groups is 1. The highest BCUT2D eigenvalue weighted by atomic mass is 79.9. The van der Waals surface area contributed by atoms with E-state index < -0.39 is 23.8 Å². The van der Waals surface area contributed by atoms with Gasteiger partial charge in [-0.2, -0.15) is 13.2 Å². The van der Waals surface area contributed by atoms with Crippen molar-refractivity contribution in [1.82, 2.24) is 5.32 Å². The summed E-state index contributed by atoms with van der Waals surface area (Å²) in [5.41, 5.74) is -0.375. The van der Waals surface area contributed by atoms with E-state index in [4.69, 9.17) is 5.11 Å². The number of benzene rings is 1. The fourth-order valence-corrected chi connectivity index (χ4v) is 2.30. The molecule has 1 unspecified atom stereocenters. The van der Waals surface area contributed by atoms with Gasteiger partial charge in [0.05, 0.1) is 5.56 Å². The molecule has 0 heterocycles. The molecule has 112 valence electrons. The Hall–Kier alpha value is -1.08. The quantitative estimate of drug-likeness (QED) is 0.817. The zero-order chi connectivity index (χ0) is 15.3.